The molecule has 0 aromatic heterocycles. The molecule has 2 N–H and O–H groups in total. The summed E-state index contributed by atoms with van der Waals surface area (Å²) in [6, 6.07) is 2.00. The molecule has 0 bridgehead atoms. The number of aryl methyl sites for hydroxylation is 1. The molecular formula is C13H19NO3. The fraction of sp³-hybridized carbons (Fsp3) is 0.462. The maximum Gasteiger partial charge on any atom is 0.245 e. The van der Waals surface area contributed by atoms with Crippen LogP contribution in [0.2, 0.25) is 0 Å². The first-order chi connectivity index (χ1) is 8.01. The van der Waals surface area contributed by atoms with Gasteiger partial charge in [0.15, 0.2) is 0 Å². The summed E-state index contributed by atoms with van der Waals surface area (Å²) in [5.41, 5.74) is 4.28. The van der Waals surface area contributed by atoms with Gasteiger partial charge in [0.25, 0.3) is 0 Å². The number of amides is 1. The van der Waals surface area contributed by atoms with E-state index in [-0.39, 0.29) is 5.91 Å². The zero-order chi connectivity index (χ0) is 13.0. The van der Waals surface area contributed by atoms with Gasteiger partial charge in [0.05, 0.1) is 7.11 Å². The molecule has 0 radical (unpaired) electrons. The van der Waals surface area contributed by atoms with E-state index in [1.807, 2.05) is 26.8 Å². The Bertz CT molecular complexity index is 427. The van der Waals surface area contributed by atoms with Crippen LogP contribution in [-0.4, -0.2) is 24.7 Å². The molecule has 1 aromatic rings. The summed E-state index contributed by atoms with van der Waals surface area (Å²) in [4.78, 5) is 11.0. The fourth-order valence-electron chi connectivity index (χ4n) is 1.89. The summed E-state index contributed by atoms with van der Waals surface area (Å²) in [5.74, 6) is 0.523. The van der Waals surface area contributed by atoms with Gasteiger partial charge in [-0.3, -0.25) is 4.79 Å². The van der Waals surface area contributed by atoms with E-state index in [4.69, 9.17) is 9.84 Å². The molecule has 0 aliphatic rings. The molecule has 0 unspecified atom stereocenters. The number of carbonyl (C=O) groups is 1. The molecule has 94 valence electrons. The summed E-state index contributed by atoms with van der Waals surface area (Å²) in [6.45, 7) is 5.92. The number of hydrogen-bond donors (Lipinski definition) is 2. The SMILES string of the molecule is COc1c(C)cc(CNC(=O)CO)c(C)c1C. The van der Waals surface area contributed by atoms with E-state index in [0.29, 0.717) is 6.54 Å². The molecule has 1 aromatic carbocycles. The second-order valence-electron chi connectivity index (χ2n) is 4.07. The van der Waals surface area contributed by atoms with E-state index in [0.717, 1.165) is 28.0 Å². The molecule has 0 atom stereocenters. The van der Waals surface area contributed by atoms with Gasteiger partial charge in [0.2, 0.25) is 5.91 Å². The molecule has 0 heterocycles. The quantitative estimate of drug-likeness (QED) is 0.828. The van der Waals surface area contributed by atoms with E-state index >= 15 is 0 Å². The molecule has 0 fully saturated rings. The molecule has 1 amide bonds. The van der Waals surface area contributed by atoms with Crippen molar-refractivity contribution in [2.45, 2.75) is 27.3 Å². The van der Waals surface area contributed by atoms with E-state index < -0.39 is 6.61 Å². The van der Waals surface area contributed by atoms with Crippen LogP contribution in [0.5, 0.6) is 5.75 Å². The predicted molar refractivity (Wildman–Crippen MR) is 66.1 cm³/mol. The van der Waals surface area contributed by atoms with Crippen molar-refractivity contribution in [1.82, 2.24) is 5.32 Å². The van der Waals surface area contributed by atoms with Crippen LogP contribution in [0.1, 0.15) is 22.3 Å². The van der Waals surface area contributed by atoms with Crippen molar-refractivity contribution in [3.8, 4) is 5.75 Å². The first-order valence-corrected chi connectivity index (χ1v) is 5.52. The smallest absolute Gasteiger partial charge is 0.245 e. The van der Waals surface area contributed by atoms with Gasteiger partial charge >= 0.3 is 0 Å². The van der Waals surface area contributed by atoms with Gasteiger partial charge in [-0.05, 0) is 43.0 Å². The van der Waals surface area contributed by atoms with Crippen LogP contribution in [0.3, 0.4) is 0 Å². The van der Waals surface area contributed by atoms with Crippen LogP contribution in [0.25, 0.3) is 0 Å². The Balaban J connectivity index is 2.98. The molecular weight excluding hydrogens is 218 g/mol. The van der Waals surface area contributed by atoms with Crippen molar-refractivity contribution in [3.05, 3.63) is 28.3 Å². The van der Waals surface area contributed by atoms with Crippen molar-refractivity contribution in [1.29, 1.82) is 0 Å². The second-order valence-corrected chi connectivity index (χ2v) is 4.07. The highest BCUT2D eigenvalue weighted by molar-refractivity contribution is 5.76. The summed E-state index contributed by atoms with van der Waals surface area (Å²) < 4.78 is 5.33. The van der Waals surface area contributed by atoms with E-state index in [1.165, 1.54) is 0 Å². The minimum Gasteiger partial charge on any atom is -0.496 e. The number of aliphatic hydroxyl groups excluding tert-OH is 1. The maximum atomic E-state index is 11.0. The highest BCUT2D eigenvalue weighted by Crippen LogP contribution is 2.28. The number of rotatable bonds is 4. The molecule has 0 spiro atoms. The van der Waals surface area contributed by atoms with Crippen molar-refractivity contribution in [2.75, 3.05) is 13.7 Å². The molecule has 0 saturated carbocycles. The van der Waals surface area contributed by atoms with Gasteiger partial charge in [-0.15, -0.1) is 0 Å². The molecule has 0 saturated heterocycles. The molecule has 0 aliphatic heterocycles. The molecule has 17 heavy (non-hydrogen) atoms. The minimum absolute atomic E-state index is 0.365. The van der Waals surface area contributed by atoms with Crippen LogP contribution in [0.15, 0.2) is 6.07 Å². The number of hydrogen-bond acceptors (Lipinski definition) is 3. The third-order valence-electron chi connectivity index (χ3n) is 2.96. The van der Waals surface area contributed by atoms with Crippen molar-refractivity contribution in [3.63, 3.8) is 0 Å². The van der Waals surface area contributed by atoms with Gasteiger partial charge in [-0.2, -0.15) is 0 Å². The van der Waals surface area contributed by atoms with Crippen LogP contribution >= 0.6 is 0 Å². The molecule has 0 aliphatic carbocycles. The Hall–Kier alpha value is -1.55. The number of benzene rings is 1. The Morgan fingerprint density at radius 1 is 1.35 bits per heavy atom. The first kappa shape index (κ1) is 13.5. The lowest BCUT2D eigenvalue weighted by molar-refractivity contribution is -0.123. The second kappa shape index (κ2) is 5.68. The van der Waals surface area contributed by atoms with E-state index in [1.54, 1.807) is 7.11 Å². The third kappa shape index (κ3) is 2.97. The lowest BCUT2D eigenvalue weighted by Gasteiger charge is -2.15. The highest BCUT2D eigenvalue weighted by Gasteiger charge is 2.10. The normalized spacial score (nSPS) is 10.2. The van der Waals surface area contributed by atoms with E-state index in [2.05, 4.69) is 5.32 Å². The standard InChI is InChI=1S/C13H19NO3/c1-8-5-11(6-14-12(16)7-15)9(2)10(3)13(8)17-4/h5,15H,6-7H2,1-4H3,(H,14,16). The Morgan fingerprint density at radius 3 is 2.53 bits per heavy atom. The van der Waals surface area contributed by atoms with Gasteiger partial charge in [-0.25, -0.2) is 0 Å². The summed E-state index contributed by atoms with van der Waals surface area (Å²) in [7, 11) is 1.65. The lowest BCUT2D eigenvalue weighted by atomic mass is 9.98. The third-order valence-corrected chi connectivity index (χ3v) is 2.96. The first-order valence-electron chi connectivity index (χ1n) is 5.52. The van der Waals surface area contributed by atoms with Gasteiger partial charge in [-0.1, -0.05) is 6.07 Å². The average molecular weight is 237 g/mol. The summed E-state index contributed by atoms with van der Waals surface area (Å²) >= 11 is 0. The largest absolute Gasteiger partial charge is 0.496 e. The fourth-order valence-corrected chi connectivity index (χ4v) is 1.89. The Labute approximate surface area is 102 Å². The number of carbonyl (C=O) groups excluding carboxylic acids is 1. The van der Waals surface area contributed by atoms with Crippen molar-refractivity contribution < 1.29 is 14.6 Å². The van der Waals surface area contributed by atoms with Crippen molar-refractivity contribution in [2.24, 2.45) is 0 Å². The summed E-state index contributed by atoms with van der Waals surface area (Å²) in [5, 5.41) is 11.3. The zero-order valence-electron chi connectivity index (χ0n) is 10.8. The van der Waals surface area contributed by atoms with Crippen LogP contribution < -0.4 is 10.1 Å². The zero-order valence-corrected chi connectivity index (χ0v) is 10.8. The lowest BCUT2D eigenvalue weighted by Crippen LogP contribution is -2.26. The molecule has 4 nitrogen and oxygen atoms in total. The van der Waals surface area contributed by atoms with Crippen LogP contribution in [0, 0.1) is 20.8 Å². The highest BCUT2D eigenvalue weighted by atomic mass is 16.5. The van der Waals surface area contributed by atoms with Crippen molar-refractivity contribution >= 4 is 5.91 Å². The topological polar surface area (TPSA) is 58.6 Å². The van der Waals surface area contributed by atoms with Crippen LogP contribution in [-0.2, 0) is 11.3 Å². The number of ether oxygens (including phenoxy) is 1. The summed E-state index contributed by atoms with van der Waals surface area (Å²) in [6.07, 6.45) is 0. The van der Waals surface area contributed by atoms with Crippen LogP contribution in [0.4, 0.5) is 0 Å². The Kier molecular flexibility index (Phi) is 4.52. The Morgan fingerprint density at radius 2 is 2.00 bits per heavy atom. The maximum absolute atomic E-state index is 11.0. The minimum atomic E-state index is -0.479. The number of aliphatic hydroxyl groups is 1. The molecule has 4 heteroatoms. The average Bonchev–Trinajstić information content (AvgIpc) is 2.32. The van der Waals surface area contributed by atoms with E-state index in [9.17, 15) is 4.79 Å². The van der Waals surface area contributed by atoms with Gasteiger partial charge in [0, 0.05) is 6.54 Å². The number of nitrogens with one attached hydrogen (secondary N) is 1. The predicted octanol–water partition coefficient (Wildman–Crippen LogP) is 1.23. The van der Waals surface area contributed by atoms with Gasteiger partial charge in [0.1, 0.15) is 12.4 Å². The number of methoxy groups -OCH3 is 1. The monoisotopic (exact) mass is 237 g/mol. The van der Waals surface area contributed by atoms with Gasteiger partial charge < -0.3 is 15.2 Å². The molecule has 1 rings (SSSR count).